The minimum Gasteiger partial charge on any atom is -0.326 e. The maximum absolute atomic E-state index is 4.72. The monoisotopic (exact) mass is 264 g/mol. The third-order valence-corrected chi connectivity index (χ3v) is 4.04. The van der Waals surface area contributed by atoms with Crippen molar-refractivity contribution < 1.29 is 0 Å². The van der Waals surface area contributed by atoms with Crippen molar-refractivity contribution in [3.8, 4) is 11.4 Å². The van der Waals surface area contributed by atoms with E-state index in [1.807, 2.05) is 6.07 Å². The fraction of sp³-hybridized carbons (Fsp3) is 0.250. The Morgan fingerprint density at radius 3 is 3.05 bits per heavy atom. The molecule has 1 aromatic carbocycles. The van der Waals surface area contributed by atoms with Gasteiger partial charge in [-0.05, 0) is 36.2 Å². The van der Waals surface area contributed by atoms with E-state index in [-0.39, 0.29) is 0 Å². The molecule has 0 bridgehead atoms. The van der Waals surface area contributed by atoms with Gasteiger partial charge in [0.05, 0.1) is 5.52 Å². The summed E-state index contributed by atoms with van der Waals surface area (Å²) >= 11 is 0. The first-order valence-electron chi connectivity index (χ1n) is 6.94. The number of hydrogen-bond acceptors (Lipinski definition) is 3. The molecule has 4 heteroatoms. The Morgan fingerprint density at radius 2 is 2.15 bits per heavy atom. The Bertz CT molecular complexity index is 788. The summed E-state index contributed by atoms with van der Waals surface area (Å²) in [5, 5.41) is 3.42. The average molecular weight is 264 g/mol. The van der Waals surface area contributed by atoms with Crippen molar-refractivity contribution in [3.05, 3.63) is 47.7 Å². The number of hydrogen-bond donors (Lipinski definition) is 1. The maximum atomic E-state index is 4.72. The third-order valence-electron chi connectivity index (χ3n) is 4.04. The molecule has 0 fully saturated rings. The molecule has 0 saturated heterocycles. The summed E-state index contributed by atoms with van der Waals surface area (Å²) in [7, 11) is 2.06. The fourth-order valence-corrected chi connectivity index (χ4v) is 3.01. The third kappa shape index (κ3) is 1.65. The molecule has 0 atom stereocenters. The van der Waals surface area contributed by atoms with E-state index in [1.165, 1.54) is 16.7 Å². The molecule has 1 aliphatic rings. The van der Waals surface area contributed by atoms with Crippen molar-refractivity contribution in [3.63, 3.8) is 0 Å². The molecule has 100 valence electrons. The highest BCUT2D eigenvalue weighted by Gasteiger charge is 2.17. The molecule has 3 aromatic rings. The predicted octanol–water partition coefficient (Wildman–Crippen LogP) is 2.28. The van der Waals surface area contributed by atoms with Gasteiger partial charge in [0.2, 0.25) is 0 Å². The van der Waals surface area contributed by atoms with E-state index in [9.17, 15) is 0 Å². The van der Waals surface area contributed by atoms with Gasteiger partial charge in [-0.1, -0.05) is 18.2 Å². The van der Waals surface area contributed by atoms with Gasteiger partial charge in [-0.3, -0.25) is 0 Å². The topological polar surface area (TPSA) is 42.7 Å². The normalized spacial score (nSPS) is 14.4. The van der Waals surface area contributed by atoms with Gasteiger partial charge < -0.3 is 9.88 Å². The van der Waals surface area contributed by atoms with Crippen LogP contribution >= 0.6 is 0 Å². The van der Waals surface area contributed by atoms with Crippen LogP contribution in [0.15, 0.2) is 36.5 Å². The van der Waals surface area contributed by atoms with Crippen LogP contribution in [-0.4, -0.2) is 21.1 Å². The number of aromatic nitrogens is 3. The van der Waals surface area contributed by atoms with Gasteiger partial charge in [0.25, 0.3) is 0 Å². The van der Waals surface area contributed by atoms with Crippen molar-refractivity contribution in [2.75, 3.05) is 6.54 Å². The Hall–Kier alpha value is -2.20. The van der Waals surface area contributed by atoms with E-state index in [0.29, 0.717) is 0 Å². The lowest BCUT2D eigenvalue weighted by Gasteiger charge is -2.20. The average Bonchev–Trinajstić information content (AvgIpc) is 2.84. The number of fused-ring (bicyclic) bond motifs is 2. The van der Waals surface area contributed by atoms with Crippen LogP contribution in [0.5, 0.6) is 0 Å². The number of nitrogens with zero attached hydrogens (tertiary/aromatic N) is 3. The minimum absolute atomic E-state index is 0.816. The molecule has 0 saturated carbocycles. The summed E-state index contributed by atoms with van der Waals surface area (Å²) < 4.78 is 2.14. The molecule has 20 heavy (non-hydrogen) atoms. The summed E-state index contributed by atoms with van der Waals surface area (Å²) in [4.78, 5) is 9.08. The molecular weight excluding hydrogens is 248 g/mol. The second-order valence-electron chi connectivity index (χ2n) is 5.21. The van der Waals surface area contributed by atoms with Crippen molar-refractivity contribution in [1.29, 1.82) is 0 Å². The molecule has 2 aromatic heterocycles. The van der Waals surface area contributed by atoms with Gasteiger partial charge in [-0.25, -0.2) is 9.97 Å². The van der Waals surface area contributed by atoms with Gasteiger partial charge in [0.1, 0.15) is 5.82 Å². The fourth-order valence-electron chi connectivity index (χ4n) is 3.01. The Kier molecular flexibility index (Phi) is 2.57. The molecule has 0 aliphatic carbocycles. The van der Waals surface area contributed by atoms with E-state index >= 15 is 0 Å². The first-order chi connectivity index (χ1) is 9.84. The van der Waals surface area contributed by atoms with Gasteiger partial charge >= 0.3 is 0 Å². The lowest BCUT2D eigenvalue weighted by Crippen LogP contribution is -2.24. The van der Waals surface area contributed by atoms with Gasteiger partial charge in [0, 0.05) is 25.4 Å². The largest absolute Gasteiger partial charge is 0.326 e. The molecular formula is C16H16N4. The van der Waals surface area contributed by atoms with Crippen molar-refractivity contribution in [2.45, 2.75) is 13.0 Å². The molecule has 0 spiro atoms. The van der Waals surface area contributed by atoms with Crippen molar-refractivity contribution in [1.82, 2.24) is 19.9 Å². The van der Waals surface area contributed by atoms with Crippen LogP contribution in [-0.2, 0) is 20.0 Å². The summed E-state index contributed by atoms with van der Waals surface area (Å²) in [5.41, 5.74) is 5.94. The first kappa shape index (κ1) is 11.6. The van der Waals surface area contributed by atoms with Crippen LogP contribution in [0.25, 0.3) is 22.6 Å². The van der Waals surface area contributed by atoms with E-state index < -0.39 is 0 Å². The number of imidazole rings is 1. The van der Waals surface area contributed by atoms with Gasteiger partial charge in [-0.2, -0.15) is 0 Å². The van der Waals surface area contributed by atoms with E-state index in [1.54, 1.807) is 6.20 Å². The molecule has 3 heterocycles. The molecule has 0 unspecified atom stereocenters. The number of aryl methyl sites for hydroxylation is 1. The van der Waals surface area contributed by atoms with Crippen molar-refractivity contribution >= 4 is 11.2 Å². The van der Waals surface area contributed by atoms with Crippen LogP contribution in [0.3, 0.4) is 0 Å². The molecule has 1 N–H and O–H groups in total. The number of benzene rings is 1. The maximum Gasteiger partial charge on any atom is 0.178 e. The van der Waals surface area contributed by atoms with Gasteiger partial charge in [0.15, 0.2) is 5.65 Å². The van der Waals surface area contributed by atoms with Crippen LogP contribution in [0.1, 0.15) is 11.1 Å². The molecule has 0 amide bonds. The standard InChI is InChI=1S/C16H16N4/c1-20-14-6-3-8-18-15(14)19-16(20)13-5-2-4-11-10-17-9-7-12(11)13/h2-6,8,17H,7,9-10H2,1H3. The summed E-state index contributed by atoms with van der Waals surface area (Å²) in [5.74, 6) is 1.01. The summed E-state index contributed by atoms with van der Waals surface area (Å²) in [6, 6.07) is 10.5. The molecule has 1 aliphatic heterocycles. The van der Waals surface area contributed by atoms with E-state index in [4.69, 9.17) is 4.98 Å². The second-order valence-corrected chi connectivity index (χ2v) is 5.21. The predicted molar refractivity (Wildman–Crippen MR) is 79.4 cm³/mol. The lowest BCUT2D eigenvalue weighted by molar-refractivity contribution is 0.644. The first-order valence-corrected chi connectivity index (χ1v) is 6.94. The number of nitrogens with one attached hydrogen (secondary N) is 1. The smallest absolute Gasteiger partial charge is 0.178 e. The summed E-state index contributed by atoms with van der Waals surface area (Å²) in [6.45, 7) is 1.98. The highest BCUT2D eigenvalue weighted by atomic mass is 15.1. The highest BCUT2D eigenvalue weighted by Crippen LogP contribution is 2.29. The number of rotatable bonds is 1. The number of pyridine rings is 1. The van der Waals surface area contributed by atoms with Crippen molar-refractivity contribution in [2.24, 2.45) is 7.05 Å². The highest BCUT2D eigenvalue weighted by molar-refractivity contribution is 5.78. The van der Waals surface area contributed by atoms with E-state index in [0.717, 1.165) is 36.5 Å². The van der Waals surface area contributed by atoms with Crippen LogP contribution in [0, 0.1) is 0 Å². The Balaban J connectivity index is 1.98. The Labute approximate surface area is 117 Å². The zero-order valence-corrected chi connectivity index (χ0v) is 11.4. The van der Waals surface area contributed by atoms with Crippen LogP contribution in [0.4, 0.5) is 0 Å². The van der Waals surface area contributed by atoms with Crippen LogP contribution < -0.4 is 5.32 Å². The zero-order valence-electron chi connectivity index (χ0n) is 11.4. The zero-order chi connectivity index (χ0) is 13.5. The Morgan fingerprint density at radius 1 is 1.20 bits per heavy atom. The SMILES string of the molecule is Cn1c(-c2cccc3c2CCNC3)nc2ncccc21. The molecule has 4 rings (SSSR count). The lowest BCUT2D eigenvalue weighted by atomic mass is 9.95. The van der Waals surface area contributed by atoms with Gasteiger partial charge in [-0.15, -0.1) is 0 Å². The van der Waals surface area contributed by atoms with Crippen LogP contribution in [0.2, 0.25) is 0 Å². The van der Waals surface area contributed by atoms with E-state index in [2.05, 4.69) is 46.2 Å². The quantitative estimate of drug-likeness (QED) is 0.733. The molecule has 4 nitrogen and oxygen atoms in total. The second kappa shape index (κ2) is 4.42. The molecule has 0 radical (unpaired) electrons. The minimum atomic E-state index is 0.816. The summed E-state index contributed by atoms with van der Waals surface area (Å²) in [6.07, 6.45) is 2.85.